The number of hydrogen-bond acceptors (Lipinski definition) is 6. The molecule has 8 heteroatoms. The predicted molar refractivity (Wildman–Crippen MR) is 131 cm³/mol. The van der Waals surface area contributed by atoms with E-state index in [2.05, 4.69) is 4.98 Å². The van der Waals surface area contributed by atoms with Crippen LogP contribution in [0.25, 0.3) is 0 Å². The van der Waals surface area contributed by atoms with Gasteiger partial charge in [0.15, 0.2) is 17.9 Å². The van der Waals surface area contributed by atoms with Crippen LogP contribution in [0, 0.1) is 18.2 Å². The number of rotatable bonds is 9. The third-order valence-electron chi connectivity index (χ3n) is 4.89. The molecule has 0 aliphatic heterocycles. The second kappa shape index (κ2) is 13.3. The van der Waals surface area contributed by atoms with E-state index in [0.29, 0.717) is 22.8 Å². The van der Waals surface area contributed by atoms with E-state index < -0.39 is 0 Å². The fourth-order valence-electron chi connectivity index (χ4n) is 3.09. The number of benzene rings is 2. The number of methoxy groups -OCH3 is 2. The van der Waals surface area contributed by atoms with E-state index in [9.17, 15) is 9.18 Å². The number of nitrogens with zero attached hydrogens (tertiary/aromatic N) is 1. The summed E-state index contributed by atoms with van der Waals surface area (Å²) >= 11 is 5.59. The molecule has 0 radical (unpaired) electrons. The molecule has 0 aliphatic carbocycles. The van der Waals surface area contributed by atoms with Gasteiger partial charge in [0, 0.05) is 17.8 Å². The van der Waals surface area contributed by atoms with E-state index in [-0.39, 0.29) is 23.9 Å². The lowest BCUT2D eigenvalue weighted by Crippen LogP contribution is -2.03. The van der Waals surface area contributed by atoms with Crippen LogP contribution in [0.15, 0.2) is 48.7 Å². The maximum atomic E-state index is 14.1. The van der Waals surface area contributed by atoms with Gasteiger partial charge in [0.05, 0.1) is 14.2 Å². The number of aromatic nitrogens is 1. The number of carbonyl (C=O) groups is 1. The molecule has 0 unspecified atom stereocenters. The van der Waals surface area contributed by atoms with Gasteiger partial charge < -0.3 is 14.2 Å². The van der Waals surface area contributed by atoms with E-state index in [0.717, 1.165) is 35.3 Å². The van der Waals surface area contributed by atoms with E-state index in [1.807, 2.05) is 31.2 Å². The van der Waals surface area contributed by atoms with Crippen LogP contribution >= 0.6 is 11.6 Å². The minimum atomic E-state index is -0.363. The van der Waals surface area contributed by atoms with Crippen molar-refractivity contribution in [1.82, 2.24) is 4.98 Å². The zero-order chi connectivity index (χ0) is 25.1. The first-order valence-corrected chi connectivity index (χ1v) is 11.0. The van der Waals surface area contributed by atoms with Gasteiger partial charge in [0.25, 0.3) is 0 Å². The molecular formula is C26H28ClFN2O4. The fraction of sp³-hybridized carbons (Fsp3) is 0.269. The summed E-state index contributed by atoms with van der Waals surface area (Å²) < 4.78 is 30.1. The molecule has 0 saturated carbocycles. The number of aryl methyl sites for hydroxylation is 2. The quantitative estimate of drug-likeness (QED) is 0.228. The van der Waals surface area contributed by atoms with Crippen LogP contribution in [0.2, 0.25) is 5.15 Å². The SMILES string of the molecule is CCCc1cc(F)c(OCc2ccc(OC)cc2)cc1OC.Cc1cc(Cl)ncc1C(=N)C=O. The standard InChI is InChI=1S/C18H21FO3.C8H7ClN2O/c1-4-5-14-10-16(19)18(11-17(14)21-3)22-12-13-6-8-15(20-2)9-7-13;1-5-2-8(9)11-3-6(5)7(10)4-12/h6-11H,4-5,12H2,1-3H3;2-4,10H,1H3. The highest BCUT2D eigenvalue weighted by molar-refractivity contribution is 6.35. The number of nitrogens with one attached hydrogen (secondary N) is 1. The normalized spacial score (nSPS) is 10.1. The van der Waals surface area contributed by atoms with Gasteiger partial charge in [-0.15, -0.1) is 0 Å². The highest BCUT2D eigenvalue weighted by Gasteiger charge is 2.11. The van der Waals surface area contributed by atoms with Gasteiger partial charge in [-0.2, -0.15) is 0 Å². The van der Waals surface area contributed by atoms with Crippen molar-refractivity contribution in [2.45, 2.75) is 33.3 Å². The maximum Gasteiger partial charge on any atom is 0.168 e. The number of aldehydes is 1. The van der Waals surface area contributed by atoms with Crippen LogP contribution in [0.3, 0.4) is 0 Å². The van der Waals surface area contributed by atoms with Crippen LogP contribution in [-0.2, 0) is 17.8 Å². The van der Waals surface area contributed by atoms with Crippen molar-refractivity contribution in [1.29, 1.82) is 5.41 Å². The van der Waals surface area contributed by atoms with E-state index in [1.165, 1.54) is 12.3 Å². The molecular weight excluding hydrogens is 459 g/mol. The van der Waals surface area contributed by atoms with Gasteiger partial charge in [-0.1, -0.05) is 37.1 Å². The van der Waals surface area contributed by atoms with Crippen LogP contribution in [0.1, 0.15) is 35.6 Å². The second-order valence-electron chi connectivity index (χ2n) is 7.33. The van der Waals surface area contributed by atoms with Crippen molar-refractivity contribution in [2.75, 3.05) is 14.2 Å². The van der Waals surface area contributed by atoms with Gasteiger partial charge in [-0.3, -0.25) is 10.2 Å². The molecule has 0 spiro atoms. The summed E-state index contributed by atoms with van der Waals surface area (Å²) in [5.41, 5.74) is 3.04. The Kier molecular flexibility index (Phi) is 10.5. The summed E-state index contributed by atoms with van der Waals surface area (Å²) in [6.07, 6.45) is 3.62. The molecule has 1 aromatic heterocycles. The Morgan fingerprint density at radius 2 is 1.82 bits per heavy atom. The zero-order valence-corrected chi connectivity index (χ0v) is 20.4. The number of hydrogen-bond donors (Lipinski definition) is 1. The number of carbonyl (C=O) groups excluding carboxylic acids is 1. The average molecular weight is 487 g/mol. The molecule has 0 saturated heterocycles. The van der Waals surface area contributed by atoms with Crippen molar-refractivity contribution in [3.05, 3.63) is 81.9 Å². The summed E-state index contributed by atoms with van der Waals surface area (Å²) in [4.78, 5) is 14.0. The van der Waals surface area contributed by atoms with Gasteiger partial charge in [0.1, 0.15) is 29.0 Å². The molecule has 3 rings (SSSR count). The Morgan fingerprint density at radius 3 is 2.38 bits per heavy atom. The highest BCUT2D eigenvalue weighted by atomic mass is 35.5. The Hall–Kier alpha value is -3.45. The molecule has 0 aliphatic rings. The smallest absolute Gasteiger partial charge is 0.168 e. The molecule has 3 aromatic rings. The molecule has 0 bridgehead atoms. The summed E-state index contributed by atoms with van der Waals surface area (Å²) in [5, 5.41) is 7.61. The molecule has 0 fully saturated rings. The van der Waals surface area contributed by atoms with Gasteiger partial charge in [-0.25, -0.2) is 9.37 Å². The van der Waals surface area contributed by atoms with Crippen LogP contribution < -0.4 is 14.2 Å². The fourth-order valence-corrected chi connectivity index (χ4v) is 3.30. The number of pyridine rings is 1. The first-order chi connectivity index (χ1) is 16.3. The minimum Gasteiger partial charge on any atom is -0.497 e. The minimum absolute atomic E-state index is 0.0725. The molecule has 0 amide bonds. The van der Waals surface area contributed by atoms with Crippen molar-refractivity contribution in [3.63, 3.8) is 0 Å². The first kappa shape index (κ1) is 26.8. The summed E-state index contributed by atoms with van der Waals surface area (Å²) in [7, 11) is 3.20. The lowest BCUT2D eigenvalue weighted by molar-refractivity contribution is -0.102. The van der Waals surface area contributed by atoms with Gasteiger partial charge >= 0.3 is 0 Å². The number of ether oxygens (including phenoxy) is 3. The van der Waals surface area contributed by atoms with E-state index in [4.69, 9.17) is 31.2 Å². The predicted octanol–water partition coefficient (Wildman–Crippen LogP) is 5.98. The van der Waals surface area contributed by atoms with Gasteiger partial charge in [0.2, 0.25) is 0 Å². The van der Waals surface area contributed by atoms with Crippen LogP contribution in [0.4, 0.5) is 4.39 Å². The van der Waals surface area contributed by atoms with Crippen molar-refractivity contribution in [2.24, 2.45) is 0 Å². The van der Waals surface area contributed by atoms with Crippen LogP contribution in [-0.4, -0.2) is 31.2 Å². The van der Waals surface area contributed by atoms with Crippen LogP contribution in [0.5, 0.6) is 17.2 Å². The molecule has 1 N–H and O–H groups in total. The van der Waals surface area contributed by atoms with Gasteiger partial charge in [-0.05, 0) is 54.3 Å². The maximum absolute atomic E-state index is 14.1. The largest absolute Gasteiger partial charge is 0.497 e. The van der Waals surface area contributed by atoms with Crippen molar-refractivity contribution < 1.29 is 23.4 Å². The van der Waals surface area contributed by atoms with Crippen molar-refractivity contribution in [3.8, 4) is 17.2 Å². The van der Waals surface area contributed by atoms with Crippen molar-refractivity contribution >= 4 is 23.6 Å². The van der Waals surface area contributed by atoms with E-state index in [1.54, 1.807) is 33.3 Å². The lowest BCUT2D eigenvalue weighted by Gasteiger charge is -2.13. The zero-order valence-electron chi connectivity index (χ0n) is 19.7. The Labute approximate surface area is 204 Å². The highest BCUT2D eigenvalue weighted by Crippen LogP contribution is 2.29. The third kappa shape index (κ3) is 7.56. The molecule has 0 atom stereocenters. The second-order valence-corrected chi connectivity index (χ2v) is 7.72. The molecule has 180 valence electrons. The Morgan fingerprint density at radius 1 is 1.12 bits per heavy atom. The monoisotopic (exact) mass is 486 g/mol. The van der Waals surface area contributed by atoms with E-state index >= 15 is 0 Å². The first-order valence-electron chi connectivity index (χ1n) is 10.6. The molecule has 1 heterocycles. The number of halogens is 2. The lowest BCUT2D eigenvalue weighted by atomic mass is 10.1. The Balaban J connectivity index is 0.000000287. The molecule has 2 aromatic carbocycles. The third-order valence-corrected chi connectivity index (χ3v) is 5.10. The summed E-state index contributed by atoms with van der Waals surface area (Å²) in [5.74, 6) is 1.28. The summed E-state index contributed by atoms with van der Waals surface area (Å²) in [6.45, 7) is 4.11. The Bertz CT molecular complexity index is 1120. The topological polar surface area (TPSA) is 81.5 Å². The molecule has 6 nitrogen and oxygen atoms in total. The molecule has 34 heavy (non-hydrogen) atoms. The average Bonchev–Trinajstić information content (AvgIpc) is 2.84. The summed E-state index contributed by atoms with van der Waals surface area (Å²) in [6, 6.07) is 12.2.